The average molecular weight is 323 g/mol. The lowest BCUT2D eigenvalue weighted by atomic mass is 9.86. The summed E-state index contributed by atoms with van der Waals surface area (Å²) in [5, 5.41) is 20.4. The van der Waals surface area contributed by atoms with Gasteiger partial charge in [0.15, 0.2) is 11.5 Å². The quantitative estimate of drug-likeness (QED) is 0.523. The van der Waals surface area contributed by atoms with Crippen molar-refractivity contribution < 1.29 is 14.4 Å². The van der Waals surface area contributed by atoms with Crippen LogP contribution in [0.2, 0.25) is 0 Å². The maximum absolute atomic E-state index is 13.0. The van der Waals surface area contributed by atoms with E-state index in [0.29, 0.717) is 35.5 Å². The molecule has 0 atom stereocenters. The molecule has 2 aromatic carbocycles. The summed E-state index contributed by atoms with van der Waals surface area (Å²) in [6.07, 6.45) is 0. The van der Waals surface area contributed by atoms with Crippen molar-refractivity contribution in [3.63, 3.8) is 0 Å². The van der Waals surface area contributed by atoms with E-state index in [9.17, 15) is 4.79 Å². The number of hydrogen-bond acceptors (Lipinski definition) is 6. The number of carbonyl (C=O) groups is 1. The number of anilines is 2. The second kappa shape index (κ2) is 5.65. The standard InChI is InChI=1S/C18H17N3O3/c1-2-19-12-9-13(20-7-8-22)16-15-14(12)17(23)10-5-3-4-6-11(10)18(15)24-21-16/h3-6,9,19-20,22H,2,7-8H2,1H3. The number of nitrogens with zero attached hydrogens (tertiary/aromatic N) is 1. The zero-order valence-electron chi connectivity index (χ0n) is 13.2. The summed E-state index contributed by atoms with van der Waals surface area (Å²) in [5.74, 6) is 0.581. The van der Waals surface area contributed by atoms with Gasteiger partial charge in [-0.25, -0.2) is 0 Å². The first-order chi connectivity index (χ1) is 11.8. The van der Waals surface area contributed by atoms with Crippen molar-refractivity contribution in [1.29, 1.82) is 0 Å². The van der Waals surface area contributed by atoms with Crippen molar-refractivity contribution >= 4 is 28.1 Å². The number of ketones is 1. The van der Waals surface area contributed by atoms with Crippen LogP contribution in [0.1, 0.15) is 22.8 Å². The third-order valence-electron chi connectivity index (χ3n) is 4.19. The van der Waals surface area contributed by atoms with E-state index in [0.717, 1.165) is 22.3 Å². The molecule has 0 saturated heterocycles. The first-order valence-corrected chi connectivity index (χ1v) is 7.95. The Morgan fingerprint density at radius 2 is 1.96 bits per heavy atom. The zero-order valence-corrected chi connectivity index (χ0v) is 13.2. The summed E-state index contributed by atoms with van der Waals surface area (Å²) in [4.78, 5) is 13.0. The Labute approximate surface area is 138 Å². The molecule has 24 heavy (non-hydrogen) atoms. The van der Waals surface area contributed by atoms with E-state index < -0.39 is 0 Å². The summed E-state index contributed by atoms with van der Waals surface area (Å²) in [6.45, 7) is 3.07. The van der Waals surface area contributed by atoms with Crippen LogP contribution in [0.5, 0.6) is 0 Å². The molecular formula is C18H17N3O3. The highest BCUT2D eigenvalue weighted by Crippen LogP contribution is 2.44. The topological polar surface area (TPSA) is 87.4 Å². The van der Waals surface area contributed by atoms with E-state index in [-0.39, 0.29) is 12.4 Å². The van der Waals surface area contributed by atoms with Gasteiger partial charge in [-0.05, 0) is 13.0 Å². The molecule has 0 spiro atoms. The van der Waals surface area contributed by atoms with E-state index in [2.05, 4.69) is 15.8 Å². The number of fused-ring (bicyclic) bond motifs is 2. The Bertz CT molecular complexity index is 946. The Kier molecular flexibility index (Phi) is 3.46. The molecule has 0 bridgehead atoms. The number of benzene rings is 2. The molecule has 1 heterocycles. The summed E-state index contributed by atoms with van der Waals surface area (Å²) < 4.78 is 5.59. The number of aliphatic hydroxyl groups is 1. The van der Waals surface area contributed by atoms with Crippen LogP contribution in [0.3, 0.4) is 0 Å². The van der Waals surface area contributed by atoms with Crippen molar-refractivity contribution in [2.75, 3.05) is 30.3 Å². The van der Waals surface area contributed by atoms with Crippen LogP contribution in [-0.4, -0.2) is 35.7 Å². The van der Waals surface area contributed by atoms with Crippen LogP contribution in [0.4, 0.5) is 11.4 Å². The number of nitrogens with one attached hydrogen (secondary N) is 2. The van der Waals surface area contributed by atoms with Crippen LogP contribution in [-0.2, 0) is 0 Å². The minimum absolute atomic E-state index is 0.00621. The molecule has 0 radical (unpaired) electrons. The fraction of sp³-hybridized carbons (Fsp3) is 0.222. The summed E-state index contributed by atoms with van der Waals surface area (Å²) in [7, 11) is 0. The number of hydrogen-bond donors (Lipinski definition) is 3. The minimum Gasteiger partial charge on any atom is -0.395 e. The lowest BCUT2D eigenvalue weighted by Crippen LogP contribution is -2.14. The number of aromatic nitrogens is 1. The highest BCUT2D eigenvalue weighted by Gasteiger charge is 2.32. The highest BCUT2D eigenvalue weighted by molar-refractivity contribution is 6.28. The van der Waals surface area contributed by atoms with Crippen LogP contribution in [0.25, 0.3) is 22.2 Å². The van der Waals surface area contributed by atoms with Gasteiger partial charge in [0.2, 0.25) is 0 Å². The normalized spacial score (nSPS) is 12.3. The maximum Gasteiger partial charge on any atom is 0.196 e. The van der Waals surface area contributed by atoms with Crippen molar-refractivity contribution in [3.8, 4) is 11.3 Å². The molecule has 1 aromatic heterocycles. The molecular weight excluding hydrogens is 306 g/mol. The zero-order chi connectivity index (χ0) is 16.7. The summed E-state index contributed by atoms with van der Waals surface area (Å²) in [5.41, 5.74) is 4.07. The summed E-state index contributed by atoms with van der Waals surface area (Å²) in [6, 6.07) is 9.26. The molecule has 6 nitrogen and oxygen atoms in total. The Morgan fingerprint density at radius 1 is 1.17 bits per heavy atom. The third-order valence-corrected chi connectivity index (χ3v) is 4.19. The Morgan fingerprint density at radius 3 is 2.71 bits per heavy atom. The lowest BCUT2D eigenvalue weighted by Gasteiger charge is -2.19. The van der Waals surface area contributed by atoms with Crippen molar-refractivity contribution in [3.05, 3.63) is 41.5 Å². The van der Waals surface area contributed by atoms with Gasteiger partial charge >= 0.3 is 0 Å². The molecule has 3 N–H and O–H groups in total. The fourth-order valence-corrected chi connectivity index (χ4v) is 3.21. The van der Waals surface area contributed by atoms with Gasteiger partial charge in [-0.3, -0.25) is 4.79 Å². The van der Waals surface area contributed by atoms with Crippen molar-refractivity contribution in [1.82, 2.24) is 5.16 Å². The number of carbonyl (C=O) groups excluding carboxylic acids is 1. The molecule has 0 aliphatic heterocycles. The second-order valence-corrected chi connectivity index (χ2v) is 5.64. The fourth-order valence-electron chi connectivity index (χ4n) is 3.21. The van der Waals surface area contributed by atoms with Gasteiger partial charge < -0.3 is 20.3 Å². The number of rotatable bonds is 5. The van der Waals surface area contributed by atoms with Gasteiger partial charge in [0, 0.05) is 29.9 Å². The smallest absolute Gasteiger partial charge is 0.196 e. The Hall–Kier alpha value is -2.86. The second-order valence-electron chi connectivity index (χ2n) is 5.64. The van der Waals surface area contributed by atoms with E-state index in [1.807, 2.05) is 37.3 Å². The molecule has 6 heteroatoms. The monoisotopic (exact) mass is 323 g/mol. The third kappa shape index (κ3) is 2.00. The average Bonchev–Trinajstić information content (AvgIpc) is 3.04. The molecule has 0 unspecified atom stereocenters. The minimum atomic E-state index is -0.0315. The molecule has 1 aliphatic rings. The largest absolute Gasteiger partial charge is 0.395 e. The van der Waals surface area contributed by atoms with Gasteiger partial charge in [-0.15, -0.1) is 0 Å². The molecule has 0 saturated carbocycles. The highest BCUT2D eigenvalue weighted by atomic mass is 16.5. The SMILES string of the molecule is CCNc1cc(NCCO)c2noc3c2c1C(=O)c1ccccc1-3. The van der Waals surface area contributed by atoms with Gasteiger partial charge in [0.05, 0.1) is 23.2 Å². The maximum atomic E-state index is 13.0. The first kappa shape index (κ1) is 14.7. The molecule has 0 fully saturated rings. The van der Waals surface area contributed by atoms with Gasteiger partial charge in [0.25, 0.3) is 0 Å². The van der Waals surface area contributed by atoms with Crippen LogP contribution in [0, 0.1) is 0 Å². The predicted molar refractivity (Wildman–Crippen MR) is 92.6 cm³/mol. The van der Waals surface area contributed by atoms with Gasteiger partial charge in [0.1, 0.15) is 5.52 Å². The van der Waals surface area contributed by atoms with Crippen LogP contribution < -0.4 is 10.6 Å². The number of aliphatic hydroxyl groups excluding tert-OH is 1. The lowest BCUT2D eigenvalue weighted by molar-refractivity contribution is 0.104. The van der Waals surface area contributed by atoms with E-state index in [4.69, 9.17) is 9.63 Å². The predicted octanol–water partition coefficient (Wildman–Crippen LogP) is 2.88. The van der Waals surface area contributed by atoms with Crippen LogP contribution >= 0.6 is 0 Å². The molecule has 4 rings (SSSR count). The molecule has 0 amide bonds. The molecule has 3 aromatic rings. The first-order valence-electron chi connectivity index (χ1n) is 7.95. The van der Waals surface area contributed by atoms with Gasteiger partial charge in [-0.2, -0.15) is 0 Å². The van der Waals surface area contributed by atoms with Gasteiger partial charge in [-0.1, -0.05) is 29.4 Å². The summed E-state index contributed by atoms with van der Waals surface area (Å²) >= 11 is 0. The van der Waals surface area contributed by atoms with Crippen molar-refractivity contribution in [2.45, 2.75) is 6.92 Å². The molecule has 122 valence electrons. The Balaban J connectivity index is 2.05. The van der Waals surface area contributed by atoms with E-state index in [1.54, 1.807) is 0 Å². The van der Waals surface area contributed by atoms with E-state index in [1.165, 1.54) is 0 Å². The molecule has 1 aliphatic carbocycles. The van der Waals surface area contributed by atoms with E-state index >= 15 is 0 Å². The van der Waals surface area contributed by atoms with Crippen LogP contribution in [0.15, 0.2) is 34.9 Å². The van der Waals surface area contributed by atoms with Crippen molar-refractivity contribution in [2.24, 2.45) is 0 Å².